The molecule has 0 bridgehead atoms. The molecule has 2 aromatic heterocycles. The smallest absolute Gasteiger partial charge is 0.306 e. The Morgan fingerprint density at radius 3 is 1.58 bits per heavy atom. The summed E-state index contributed by atoms with van der Waals surface area (Å²) in [5.74, 6) is -0.819. The zero-order chi connectivity index (χ0) is 17.0. The van der Waals surface area contributed by atoms with Crippen molar-refractivity contribution in [3.05, 3.63) is 60.2 Å². The first kappa shape index (κ1) is 17.6. The molecule has 2 heterocycles. The molecule has 0 saturated carbocycles. The second-order valence-electron chi connectivity index (χ2n) is 5.08. The number of esters is 2. The molecule has 0 aromatic carbocycles. The van der Waals surface area contributed by atoms with Gasteiger partial charge < -0.3 is 9.47 Å². The highest BCUT2D eigenvalue weighted by atomic mass is 16.5. The van der Waals surface area contributed by atoms with Crippen LogP contribution in [0, 0.1) is 0 Å². The van der Waals surface area contributed by atoms with E-state index >= 15 is 0 Å². The van der Waals surface area contributed by atoms with Crippen molar-refractivity contribution >= 4 is 11.9 Å². The van der Waals surface area contributed by atoms with Gasteiger partial charge in [-0.3, -0.25) is 19.6 Å². The van der Waals surface area contributed by atoms with Gasteiger partial charge in [-0.05, 0) is 24.3 Å². The monoisotopic (exact) mass is 328 g/mol. The van der Waals surface area contributed by atoms with Crippen LogP contribution in [0.25, 0.3) is 0 Å². The van der Waals surface area contributed by atoms with Gasteiger partial charge in [-0.25, -0.2) is 0 Å². The SMILES string of the molecule is O=C(CCC(=O)OCCc1ccccn1)OCCc1ccccn1. The Kier molecular flexibility index (Phi) is 7.40. The summed E-state index contributed by atoms with van der Waals surface area (Å²) in [5.41, 5.74) is 1.72. The molecule has 0 saturated heterocycles. The van der Waals surface area contributed by atoms with Crippen molar-refractivity contribution in [1.29, 1.82) is 0 Å². The maximum absolute atomic E-state index is 11.6. The minimum atomic E-state index is -0.410. The highest BCUT2D eigenvalue weighted by molar-refractivity contribution is 5.77. The van der Waals surface area contributed by atoms with E-state index in [-0.39, 0.29) is 26.1 Å². The van der Waals surface area contributed by atoms with E-state index in [2.05, 4.69) is 9.97 Å². The first-order valence-corrected chi connectivity index (χ1v) is 7.85. The van der Waals surface area contributed by atoms with E-state index in [0.29, 0.717) is 12.8 Å². The third-order valence-corrected chi connectivity index (χ3v) is 3.23. The molecule has 0 aliphatic heterocycles. The number of rotatable bonds is 9. The molecule has 126 valence electrons. The lowest BCUT2D eigenvalue weighted by atomic mass is 10.3. The van der Waals surface area contributed by atoms with Gasteiger partial charge in [0.05, 0.1) is 26.1 Å². The number of hydrogen-bond donors (Lipinski definition) is 0. The second-order valence-corrected chi connectivity index (χ2v) is 5.08. The Hall–Kier alpha value is -2.76. The van der Waals surface area contributed by atoms with Crippen molar-refractivity contribution in [2.75, 3.05) is 13.2 Å². The number of nitrogens with zero attached hydrogens (tertiary/aromatic N) is 2. The van der Waals surface area contributed by atoms with Gasteiger partial charge in [-0.2, -0.15) is 0 Å². The lowest BCUT2D eigenvalue weighted by Crippen LogP contribution is -2.13. The number of hydrogen-bond acceptors (Lipinski definition) is 6. The fraction of sp³-hybridized carbons (Fsp3) is 0.333. The van der Waals surface area contributed by atoms with Crippen molar-refractivity contribution in [2.24, 2.45) is 0 Å². The Morgan fingerprint density at radius 1 is 0.750 bits per heavy atom. The summed E-state index contributed by atoms with van der Waals surface area (Å²) >= 11 is 0. The molecule has 0 fully saturated rings. The second kappa shape index (κ2) is 10.1. The molecule has 24 heavy (non-hydrogen) atoms. The molecule has 2 aromatic rings. The summed E-state index contributed by atoms with van der Waals surface area (Å²) in [7, 11) is 0. The zero-order valence-electron chi connectivity index (χ0n) is 13.4. The van der Waals surface area contributed by atoms with E-state index in [9.17, 15) is 9.59 Å². The van der Waals surface area contributed by atoms with Gasteiger partial charge >= 0.3 is 11.9 Å². The number of carbonyl (C=O) groups excluding carboxylic acids is 2. The molecule has 0 amide bonds. The average Bonchev–Trinajstić information content (AvgIpc) is 2.62. The molecule has 0 atom stereocenters. The first-order chi connectivity index (χ1) is 11.7. The Bertz CT molecular complexity index is 574. The average molecular weight is 328 g/mol. The van der Waals surface area contributed by atoms with E-state index in [1.807, 2.05) is 36.4 Å². The van der Waals surface area contributed by atoms with Crippen molar-refractivity contribution in [2.45, 2.75) is 25.7 Å². The third kappa shape index (κ3) is 7.00. The van der Waals surface area contributed by atoms with Crippen LogP contribution in [0.5, 0.6) is 0 Å². The topological polar surface area (TPSA) is 78.4 Å². The zero-order valence-corrected chi connectivity index (χ0v) is 13.4. The van der Waals surface area contributed by atoms with Crippen LogP contribution in [0.4, 0.5) is 0 Å². The minimum Gasteiger partial charge on any atom is -0.465 e. The summed E-state index contributed by atoms with van der Waals surface area (Å²) in [6, 6.07) is 11.2. The fourth-order valence-corrected chi connectivity index (χ4v) is 1.98. The van der Waals surface area contributed by atoms with Crippen molar-refractivity contribution < 1.29 is 19.1 Å². The molecule has 0 spiro atoms. The van der Waals surface area contributed by atoms with Crippen LogP contribution in [0.15, 0.2) is 48.8 Å². The van der Waals surface area contributed by atoms with Crippen LogP contribution in [-0.2, 0) is 31.9 Å². The lowest BCUT2D eigenvalue weighted by molar-refractivity contribution is -0.150. The molecular weight excluding hydrogens is 308 g/mol. The molecule has 0 radical (unpaired) electrons. The molecule has 0 unspecified atom stereocenters. The largest absolute Gasteiger partial charge is 0.465 e. The molecular formula is C18H20N2O4. The van der Waals surface area contributed by atoms with E-state index in [1.54, 1.807) is 12.4 Å². The van der Waals surface area contributed by atoms with Crippen LogP contribution in [0.3, 0.4) is 0 Å². The van der Waals surface area contributed by atoms with Gasteiger partial charge in [0.2, 0.25) is 0 Å². The van der Waals surface area contributed by atoms with Crippen LogP contribution < -0.4 is 0 Å². The maximum atomic E-state index is 11.6. The lowest BCUT2D eigenvalue weighted by Gasteiger charge is -2.06. The fourth-order valence-electron chi connectivity index (χ4n) is 1.98. The Morgan fingerprint density at radius 2 is 1.21 bits per heavy atom. The highest BCUT2D eigenvalue weighted by Gasteiger charge is 2.09. The van der Waals surface area contributed by atoms with Gasteiger partial charge in [0.1, 0.15) is 0 Å². The van der Waals surface area contributed by atoms with Crippen LogP contribution in [0.1, 0.15) is 24.2 Å². The van der Waals surface area contributed by atoms with Gasteiger partial charge in [-0.15, -0.1) is 0 Å². The van der Waals surface area contributed by atoms with E-state index in [1.165, 1.54) is 0 Å². The predicted octanol–water partition coefficient (Wildman–Crippen LogP) is 2.13. The van der Waals surface area contributed by atoms with Gasteiger partial charge in [-0.1, -0.05) is 12.1 Å². The van der Waals surface area contributed by atoms with E-state index < -0.39 is 11.9 Å². The summed E-state index contributed by atoms with van der Waals surface area (Å²) in [5, 5.41) is 0. The summed E-state index contributed by atoms with van der Waals surface area (Å²) in [6.07, 6.45) is 4.54. The first-order valence-electron chi connectivity index (χ1n) is 7.85. The van der Waals surface area contributed by atoms with Gasteiger partial charge in [0, 0.05) is 36.6 Å². The minimum absolute atomic E-state index is 0.0185. The quantitative estimate of drug-likeness (QED) is 0.656. The van der Waals surface area contributed by atoms with Crippen molar-refractivity contribution in [1.82, 2.24) is 9.97 Å². The van der Waals surface area contributed by atoms with Crippen molar-refractivity contribution in [3.63, 3.8) is 0 Å². The molecule has 0 aliphatic rings. The number of carbonyl (C=O) groups is 2. The highest BCUT2D eigenvalue weighted by Crippen LogP contribution is 2.01. The standard InChI is InChI=1S/C18H20N2O4/c21-17(23-13-9-15-5-1-3-11-19-15)7-8-18(22)24-14-10-16-6-2-4-12-20-16/h1-6,11-12H,7-10,13-14H2. The van der Waals surface area contributed by atoms with Crippen LogP contribution in [-0.4, -0.2) is 35.1 Å². The molecule has 6 heteroatoms. The number of aromatic nitrogens is 2. The molecule has 0 aliphatic carbocycles. The van der Waals surface area contributed by atoms with Crippen molar-refractivity contribution in [3.8, 4) is 0 Å². The van der Waals surface area contributed by atoms with Crippen LogP contribution in [0.2, 0.25) is 0 Å². The molecule has 2 rings (SSSR count). The summed E-state index contributed by atoms with van der Waals surface area (Å²) < 4.78 is 10.1. The predicted molar refractivity (Wildman–Crippen MR) is 87.0 cm³/mol. The van der Waals surface area contributed by atoms with E-state index in [0.717, 1.165) is 11.4 Å². The normalized spacial score (nSPS) is 10.2. The number of ether oxygens (including phenoxy) is 2. The maximum Gasteiger partial charge on any atom is 0.306 e. The number of pyridine rings is 2. The Labute approximate surface area is 140 Å². The Balaban J connectivity index is 1.53. The van der Waals surface area contributed by atoms with Crippen LogP contribution >= 0.6 is 0 Å². The summed E-state index contributed by atoms with van der Waals surface area (Å²) in [4.78, 5) is 31.4. The van der Waals surface area contributed by atoms with Gasteiger partial charge in [0.15, 0.2) is 0 Å². The molecule has 0 N–H and O–H groups in total. The summed E-state index contributed by atoms with van der Waals surface area (Å²) in [6.45, 7) is 0.509. The third-order valence-electron chi connectivity index (χ3n) is 3.23. The van der Waals surface area contributed by atoms with Gasteiger partial charge in [0.25, 0.3) is 0 Å². The molecule has 6 nitrogen and oxygen atoms in total. The van der Waals surface area contributed by atoms with E-state index in [4.69, 9.17) is 9.47 Å².